The van der Waals surface area contributed by atoms with Crippen LogP contribution in [0.3, 0.4) is 0 Å². The van der Waals surface area contributed by atoms with E-state index in [1.165, 1.54) is 12.1 Å². The Bertz CT molecular complexity index is 895. The lowest BCUT2D eigenvalue weighted by Gasteiger charge is -2.08. The molecule has 27 heavy (non-hydrogen) atoms. The summed E-state index contributed by atoms with van der Waals surface area (Å²) in [5.41, 5.74) is -6.18. The van der Waals surface area contributed by atoms with Crippen molar-refractivity contribution < 1.29 is 48.7 Å². The van der Waals surface area contributed by atoms with Gasteiger partial charge < -0.3 is 4.55 Å². The van der Waals surface area contributed by atoms with E-state index in [0.29, 0.717) is 5.82 Å². The second kappa shape index (κ2) is 7.68. The predicted molar refractivity (Wildman–Crippen MR) is 77.2 cm³/mol. The van der Waals surface area contributed by atoms with Crippen molar-refractivity contribution >= 4 is 15.9 Å². The summed E-state index contributed by atoms with van der Waals surface area (Å²) in [5.74, 6) is 0.0866. The van der Waals surface area contributed by atoms with Crippen molar-refractivity contribution in [1.29, 1.82) is 0 Å². The average molecular weight is 418 g/mol. The summed E-state index contributed by atoms with van der Waals surface area (Å²) >= 11 is 0. The van der Waals surface area contributed by atoms with E-state index in [4.69, 9.17) is 13.0 Å². The summed E-state index contributed by atoms with van der Waals surface area (Å²) in [6.45, 7) is 0. The molecule has 0 saturated heterocycles. The molecule has 0 aliphatic heterocycles. The number of ketones is 1. The van der Waals surface area contributed by atoms with Crippen molar-refractivity contribution in [2.75, 3.05) is 0 Å². The Balaban J connectivity index is 0.000000387. The molecule has 0 N–H and O–H groups in total. The van der Waals surface area contributed by atoms with Crippen LogP contribution in [0.5, 0.6) is 0 Å². The van der Waals surface area contributed by atoms with Gasteiger partial charge in [-0.25, -0.2) is 17.6 Å². The number of aryl methyl sites for hydroxylation is 2. The molecule has 1 heterocycles. The molecule has 2 rings (SSSR count). The highest BCUT2D eigenvalue weighted by Crippen LogP contribution is 2.29. The van der Waals surface area contributed by atoms with Crippen LogP contribution in [0.1, 0.15) is 21.7 Å². The molecule has 0 spiro atoms. The van der Waals surface area contributed by atoms with Crippen LogP contribution in [0.2, 0.25) is 0 Å². The predicted octanol–water partition coefficient (Wildman–Crippen LogP) is 2.15. The van der Waals surface area contributed by atoms with Crippen molar-refractivity contribution in [1.82, 2.24) is 4.57 Å². The molecule has 0 bridgehead atoms. The van der Waals surface area contributed by atoms with Gasteiger partial charge in [0.15, 0.2) is 10.1 Å². The van der Waals surface area contributed by atoms with E-state index in [0.717, 1.165) is 12.1 Å². The molecule has 0 saturated carbocycles. The topological polar surface area (TPSA) is 83.1 Å². The Morgan fingerprint density at radius 2 is 1.52 bits per heavy atom. The minimum absolute atomic E-state index is 0.227. The molecule has 0 aliphatic rings. The van der Waals surface area contributed by atoms with Gasteiger partial charge in [-0.15, -0.1) is 0 Å². The number of aromatic nitrogens is 2. The zero-order valence-corrected chi connectivity index (χ0v) is 14.5. The molecule has 0 atom stereocenters. The van der Waals surface area contributed by atoms with Gasteiger partial charge in [0.2, 0.25) is 0 Å². The Kier molecular flexibility index (Phi) is 6.44. The fraction of sp³-hybridized carbons (Fsp3) is 0.286. The van der Waals surface area contributed by atoms with Crippen molar-refractivity contribution in [2.24, 2.45) is 14.1 Å². The summed E-state index contributed by atoms with van der Waals surface area (Å²) < 4.78 is 99.4. The zero-order chi connectivity index (χ0) is 21.2. The number of carbonyl (C=O) groups excluding carboxylic acids is 1. The summed E-state index contributed by atoms with van der Waals surface area (Å²) in [4.78, 5) is 12.2. The van der Waals surface area contributed by atoms with E-state index in [1.54, 1.807) is 35.6 Å². The molecule has 0 unspecified atom stereocenters. The van der Waals surface area contributed by atoms with Gasteiger partial charge in [0.25, 0.3) is 5.78 Å². The van der Waals surface area contributed by atoms with E-state index in [2.05, 4.69) is 0 Å². The van der Waals surface area contributed by atoms with Crippen molar-refractivity contribution in [3.05, 3.63) is 53.6 Å². The molecule has 0 amide bonds. The third-order valence-electron chi connectivity index (χ3n) is 3.14. The molecule has 0 aliphatic carbocycles. The Morgan fingerprint density at radius 3 is 1.81 bits per heavy atom. The van der Waals surface area contributed by atoms with Crippen LogP contribution >= 0.6 is 0 Å². The maximum Gasteiger partial charge on any atom is 0.485 e. The molecular formula is C14H12F6N2O4S. The number of halogens is 6. The Hall–Kier alpha value is -2.41. The quantitative estimate of drug-likeness (QED) is 0.246. The molecule has 0 radical (unpaired) electrons. The van der Waals surface area contributed by atoms with Crippen LogP contribution in [0.25, 0.3) is 0 Å². The third kappa shape index (κ3) is 5.79. The number of hydrogen-bond acceptors (Lipinski definition) is 4. The Labute approximate surface area is 149 Å². The van der Waals surface area contributed by atoms with Gasteiger partial charge >= 0.3 is 17.5 Å². The first-order valence-corrected chi connectivity index (χ1v) is 8.21. The fourth-order valence-corrected chi connectivity index (χ4v) is 1.85. The van der Waals surface area contributed by atoms with Crippen molar-refractivity contribution in [2.45, 2.75) is 11.7 Å². The molecule has 0 fully saturated rings. The number of nitrogens with zero attached hydrogens (tertiary/aromatic N) is 2. The van der Waals surface area contributed by atoms with Crippen LogP contribution in [-0.2, 0) is 30.4 Å². The lowest BCUT2D eigenvalue weighted by Crippen LogP contribution is -2.35. The van der Waals surface area contributed by atoms with Gasteiger partial charge in [-0.2, -0.15) is 26.3 Å². The van der Waals surface area contributed by atoms with Gasteiger partial charge in [-0.3, -0.25) is 4.79 Å². The number of alkyl halides is 6. The highest BCUT2D eigenvalue weighted by molar-refractivity contribution is 7.86. The molecule has 13 heteroatoms. The van der Waals surface area contributed by atoms with Crippen LogP contribution in [0.15, 0.2) is 36.7 Å². The summed E-state index contributed by atoms with van der Waals surface area (Å²) in [6.07, 6.45) is -0.980. The molecule has 1 aromatic heterocycles. The third-order valence-corrected chi connectivity index (χ3v) is 3.71. The van der Waals surface area contributed by atoms with Crippen molar-refractivity contribution in [3.8, 4) is 0 Å². The van der Waals surface area contributed by atoms with Crippen molar-refractivity contribution in [3.63, 3.8) is 0 Å². The highest BCUT2D eigenvalue weighted by Gasteiger charge is 2.37. The van der Waals surface area contributed by atoms with E-state index in [9.17, 15) is 31.1 Å². The normalized spacial score (nSPS) is 12.3. The molecular weight excluding hydrogens is 406 g/mol. The number of imidazole rings is 1. The van der Waals surface area contributed by atoms with Gasteiger partial charge in [-0.05, 0) is 12.1 Å². The lowest BCUT2D eigenvalue weighted by atomic mass is 10.1. The first-order valence-electron chi connectivity index (χ1n) is 6.80. The average Bonchev–Trinajstić information content (AvgIpc) is 2.83. The first-order chi connectivity index (χ1) is 12.1. The maximum absolute atomic E-state index is 12.4. The largest absolute Gasteiger partial charge is 0.741 e. The second-order valence-corrected chi connectivity index (χ2v) is 6.52. The van der Waals surface area contributed by atoms with Gasteiger partial charge in [0.05, 0.1) is 19.7 Å². The van der Waals surface area contributed by atoms with Crippen LogP contribution in [0.4, 0.5) is 26.3 Å². The number of carbonyl (C=O) groups is 1. The number of rotatable bonds is 2. The maximum atomic E-state index is 12.4. The van der Waals surface area contributed by atoms with Gasteiger partial charge in [0, 0.05) is 5.56 Å². The van der Waals surface area contributed by atoms with Crippen LogP contribution < -0.4 is 4.57 Å². The number of benzene rings is 1. The molecule has 2 aromatic rings. The molecule has 6 nitrogen and oxygen atoms in total. The first kappa shape index (κ1) is 22.6. The van der Waals surface area contributed by atoms with E-state index in [1.807, 2.05) is 0 Å². The summed E-state index contributed by atoms with van der Waals surface area (Å²) in [7, 11) is -2.68. The fourth-order valence-electron chi connectivity index (χ4n) is 1.85. The van der Waals surface area contributed by atoms with Gasteiger partial charge in [0.1, 0.15) is 12.4 Å². The smallest absolute Gasteiger partial charge is 0.485 e. The molecule has 1 aromatic carbocycles. The Morgan fingerprint density at radius 1 is 1.07 bits per heavy atom. The minimum Gasteiger partial charge on any atom is -0.741 e. The van der Waals surface area contributed by atoms with E-state index < -0.39 is 27.4 Å². The zero-order valence-electron chi connectivity index (χ0n) is 13.7. The monoisotopic (exact) mass is 418 g/mol. The van der Waals surface area contributed by atoms with Crippen LogP contribution in [0, 0.1) is 0 Å². The standard InChI is InChI=1S/C13H12F3N2O.CHF3O3S/c1-17-7-8-18(2)12(17)11(19)9-3-5-10(6-4-9)13(14,15)16;2-1(3,4)8(5,6)7/h3-8H,1-2H3;(H,5,6,7)/q+1;/p-1. The summed E-state index contributed by atoms with van der Waals surface area (Å²) in [5, 5.41) is 0. The van der Waals surface area contributed by atoms with E-state index in [-0.39, 0.29) is 11.3 Å². The van der Waals surface area contributed by atoms with E-state index >= 15 is 0 Å². The highest BCUT2D eigenvalue weighted by atomic mass is 32.2. The molecule has 150 valence electrons. The van der Waals surface area contributed by atoms with Gasteiger partial charge in [-0.1, -0.05) is 12.1 Å². The van der Waals surface area contributed by atoms with Crippen LogP contribution in [-0.4, -0.2) is 28.8 Å². The minimum atomic E-state index is -6.09. The summed E-state index contributed by atoms with van der Waals surface area (Å²) in [6, 6.07) is 4.21. The SMILES string of the molecule is Cn1cc[n+](C)c1C(=O)c1ccc(C(F)(F)F)cc1.O=S(=O)([O-])C(F)(F)F. The second-order valence-electron chi connectivity index (χ2n) is 5.15. The lowest BCUT2D eigenvalue weighted by molar-refractivity contribution is -0.672. The number of hydrogen-bond donors (Lipinski definition) is 0.